The molecule has 0 saturated heterocycles. The van der Waals surface area contributed by atoms with Crippen LogP contribution in [0.5, 0.6) is 17.2 Å². The van der Waals surface area contributed by atoms with E-state index in [2.05, 4.69) is 10.3 Å². The first-order valence-electron chi connectivity index (χ1n) is 8.96. The van der Waals surface area contributed by atoms with Gasteiger partial charge in [0.2, 0.25) is 0 Å². The molecule has 4 aromatic rings. The van der Waals surface area contributed by atoms with Crippen molar-refractivity contribution in [2.45, 2.75) is 0 Å². The van der Waals surface area contributed by atoms with Crippen LogP contribution in [0.4, 0.5) is 5.69 Å². The van der Waals surface area contributed by atoms with Crippen LogP contribution in [0.2, 0.25) is 0 Å². The summed E-state index contributed by atoms with van der Waals surface area (Å²) in [6.45, 7) is 0. The summed E-state index contributed by atoms with van der Waals surface area (Å²) in [5.74, 6) is 1.99. The van der Waals surface area contributed by atoms with Crippen LogP contribution >= 0.6 is 0 Å². The number of aromatic nitrogens is 1. The number of anilines is 1. The van der Waals surface area contributed by atoms with Crippen molar-refractivity contribution < 1.29 is 18.7 Å². The summed E-state index contributed by atoms with van der Waals surface area (Å²) < 4.78 is 16.6. The van der Waals surface area contributed by atoms with Gasteiger partial charge in [-0.05, 0) is 48.5 Å². The zero-order chi connectivity index (χ0) is 20.1. The van der Waals surface area contributed by atoms with E-state index >= 15 is 0 Å². The molecule has 1 amide bonds. The number of para-hydroxylation sites is 2. The fourth-order valence-electron chi connectivity index (χ4n) is 2.85. The lowest BCUT2D eigenvalue weighted by Crippen LogP contribution is -2.13. The molecule has 0 unspecified atom stereocenters. The van der Waals surface area contributed by atoms with Crippen molar-refractivity contribution in [3.8, 4) is 28.6 Å². The van der Waals surface area contributed by atoms with Crippen LogP contribution in [0, 0.1) is 0 Å². The molecular weight excluding hydrogens is 368 g/mol. The van der Waals surface area contributed by atoms with E-state index in [1.54, 1.807) is 37.4 Å². The van der Waals surface area contributed by atoms with Crippen LogP contribution in [-0.2, 0) is 0 Å². The van der Waals surface area contributed by atoms with Gasteiger partial charge in [-0.3, -0.25) is 4.79 Å². The first-order chi connectivity index (χ1) is 14.2. The highest BCUT2D eigenvalue weighted by Gasteiger charge is 2.21. The highest BCUT2D eigenvalue weighted by molar-refractivity contribution is 6.06. The highest BCUT2D eigenvalue weighted by Crippen LogP contribution is 2.32. The van der Waals surface area contributed by atoms with Crippen LogP contribution in [0.3, 0.4) is 0 Å². The fraction of sp³-hybridized carbons (Fsp3) is 0.0435. The Bertz CT molecular complexity index is 1110. The van der Waals surface area contributed by atoms with Crippen molar-refractivity contribution in [1.82, 2.24) is 4.98 Å². The number of amides is 1. The minimum absolute atomic E-state index is 0.180. The number of carbonyl (C=O) groups is 1. The second-order valence-corrected chi connectivity index (χ2v) is 6.12. The Kier molecular flexibility index (Phi) is 5.25. The zero-order valence-corrected chi connectivity index (χ0v) is 15.7. The van der Waals surface area contributed by atoms with Gasteiger partial charge in [0, 0.05) is 5.69 Å². The monoisotopic (exact) mass is 386 g/mol. The molecule has 6 nitrogen and oxygen atoms in total. The lowest BCUT2D eigenvalue weighted by molar-refractivity contribution is 0.102. The summed E-state index contributed by atoms with van der Waals surface area (Å²) in [5.41, 5.74) is 1.45. The third-order valence-corrected chi connectivity index (χ3v) is 4.23. The summed E-state index contributed by atoms with van der Waals surface area (Å²) in [4.78, 5) is 16.8. The second-order valence-electron chi connectivity index (χ2n) is 6.12. The van der Waals surface area contributed by atoms with Crippen LogP contribution in [-0.4, -0.2) is 18.0 Å². The molecule has 4 rings (SSSR count). The van der Waals surface area contributed by atoms with E-state index in [1.807, 2.05) is 48.5 Å². The molecule has 1 N–H and O–H groups in total. The van der Waals surface area contributed by atoms with Crippen molar-refractivity contribution in [2.75, 3.05) is 12.4 Å². The Hall–Kier alpha value is -4.06. The Morgan fingerprint density at radius 1 is 0.897 bits per heavy atom. The molecule has 0 fully saturated rings. The molecule has 0 aliphatic rings. The van der Waals surface area contributed by atoms with E-state index in [1.165, 1.54) is 6.39 Å². The predicted octanol–water partition coefficient (Wildman–Crippen LogP) is 5.39. The molecule has 0 saturated carbocycles. The van der Waals surface area contributed by atoms with Gasteiger partial charge in [-0.1, -0.05) is 30.3 Å². The predicted molar refractivity (Wildman–Crippen MR) is 109 cm³/mol. The van der Waals surface area contributed by atoms with E-state index < -0.39 is 0 Å². The fourth-order valence-corrected chi connectivity index (χ4v) is 2.85. The molecule has 0 aliphatic carbocycles. The summed E-state index contributed by atoms with van der Waals surface area (Å²) in [7, 11) is 1.56. The van der Waals surface area contributed by atoms with Gasteiger partial charge in [0.05, 0.1) is 12.7 Å². The maximum atomic E-state index is 12.7. The molecular formula is C23H18N2O4. The van der Waals surface area contributed by atoms with E-state index in [-0.39, 0.29) is 11.6 Å². The number of hydrogen-bond donors (Lipinski definition) is 1. The average molecular weight is 386 g/mol. The summed E-state index contributed by atoms with van der Waals surface area (Å²) in [5, 5.41) is 2.83. The van der Waals surface area contributed by atoms with Gasteiger partial charge >= 0.3 is 0 Å². The van der Waals surface area contributed by atoms with Gasteiger partial charge < -0.3 is 19.2 Å². The van der Waals surface area contributed by atoms with Gasteiger partial charge in [-0.25, -0.2) is 4.98 Å². The zero-order valence-electron chi connectivity index (χ0n) is 15.7. The van der Waals surface area contributed by atoms with Crippen LogP contribution in [0.1, 0.15) is 10.5 Å². The normalized spacial score (nSPS) is 10.4. The number of nitrogens with zero attached hydrogens (tertiary/aromatic N) is 1. The van der Waals surface area contributed by atoms with Crippen molar-refractivity contribution in [1.29, 1.82) is 0 Å². The minimum Gasteiger partial charge on any atom is -0.496 e. The first kappa shape index (κ1) is 18.3. The lowest BCUT2D eigenvalue weighted by Gasteiger charge is -2.09. The van der Waals surface area contributed by atoms with Crippen LogP contribution in [0.25, 0.3) is 11.3 Å². The van der Waals surface area contributed by atoms with Gasteiger partial charge in [0.1, 0.15) is 17.2 Å². The minimum atomic E-state index is -0.378. The SMILES string of the molecule is COc1ccccc1-c1ocnc1C(=O)Nc1ccc(Oc2ccccc2)cc1. The second kappa shape index (κ2) is 8.31. The Balaban J connectivity index is 1.50. The Morgan fingerprint density at radius 3 is 2.34 bits per heavy atom. The molecule has 1 aromatic heterocycles. The number of ether oxygens (including phenoxy) is 2. The van der Waals surface area contributed by atoms with Gasteiger partial charge in [-0.2, -0.15) is 0 Å². The summed E-state index contributed by atoms with van der Waals surface area (Å²) in [6, 6.07) is 23.9. The molecule has 0 radical (unpaired) electrons. The van der Waals surface area contributed by atoms with Crippen LogP contribution in [0.15, 0.2) is 89.7 Å². The quantitative estimate of drug-likeness (QED) is 0.481. The Morgan fingerprint density at radius 2 is 1.59 bits per heavy atom. The van der Waals surface area contributed by atoms with Crippen LogP contribution < -0.4 is 14.8 Å². The van der Waals surface area contributed by atoms with E-state index in [0.717, 1.165) is 5.75 Å². The molecule has 29 heavy (non-hydrogen) atoms. The molecule has 0 atom stereocenters. The lowest BCUT2D eigenvalue weighted by atomic mass is 10.1. The molecule has 3 aromatic carbocycles. The standard InChI is InChI=1S/C23H18N2O4/c1-27-20-10-6-5-9-19(20)22-21(24-15-28-22)23(26)25-16-11-13-18(14-12-16)29-17-7-3-2-4-8-17/h2-15H,1H3,(H,25,26). The van der Waals surface area contributed by atoms with Gasteiger partial charge in [-0.15, -0.1) is 0 Å². The topological polar surface area (TPSA) is 73.6 Å². The number of nitrogens with one attached hydrogen (secondary N) is 1. The number of oxazole rings is 1. The summed E-state index contributed by atoms with van der Waals surface area (Å²) in [6.07, 6.45) is 1.24. The third kappa shape index (κ3) is 4.11. The molecule has 0 aliphatic heterocycles. The molecule has 0 spiro atoms. The Labute approximate surface area is 167 Å². The average Bonchev–Trinajstić information content (AvgIpc) is 3.26. The smallest absolute Gasteiger partial charge is 0.278 e. The molecule has 0 bridgehead atoms. The number of hydrogen-bond acceptors (Lipinski definition) is 5. The van der Waals surface area contributed by atoms with Gasteiger partial charge in [0.15, 0.2) is 17.8 Å². The maximum absolute atomic E-state index is 12.7. The maximum Gasteiger partial charge on any atom is 0.278 e. The van der Waals surface area contributed by atoms with E-state index in [4.69, 9.17) is 13.9 Å². The van der Waals surface area contributed by atoms with E-state index in [0.29, 0.717) is 28.5 Å². The third-order valence-electron chi connectivity index (χ3n) is 4.23. The highest BCUT2D eigenvalue weighted by atomic mass is 16.5. The number of rotatable bonds is 6. The number of carbonyl (C=O) groups excluding carboxylic acids is 1. The molecule has 144 valence electrons. The molecule has 1 heterocycles. The van der Waals surface area contributed by atoms with Gasteiger partial charge in [0.25, 0.3) is 5.91 Å². The van der Waals surface area contributed by atoms with Crippen molar-refractivity contribution in [3.05, 3.63) is 91.0 Å². The first-order valence-corrected chi connectivity index (χ1v) is 8.96. The van der Waals surface area contributed by atoms with Crippen molar-refractivity contribution in [3.63, 3.8) is 0 Å². The van der Waals surface area contributed by atoms with Crippen molar-refractivity contribution in [2.24, 2.45) is 0 Å². The largest absolute Gasteiger partial charge is 0.496 e. The van der Waals surface area contributed by atoms with E-state index in [9.17, 15) is 4.79 Å². The summed E-state index contributed by atoms with van der Waals surface area (Å²) >= 11 is 0. The van der Waals surface area contributed by atoms with Crippen molar-refractivity contribution >= 4 is 11.6 Å². The number of benzene rings is 3. The number of methoxy groups -OCH3 is 1. The molecule has 6 heteroatoms.